The van der Waals surface area contributed by atoms with E-state index in [4.69, 9.17) is 9.47 Å². The van der Waals surface area contributed by atoms with Crippen molar-refractivity contribution in [3.05, 3.63) is 15.6 Å². The van der Waals surface area contributed by atoms with Crippen molar-refractivity contribution in [1.82, 2.24) is 4.98 Å². The maximum absolute atomic E-state index is 10.6. The van der Waals surface area contributed by atoms with Gasteiger partial charge in [0.2, 0.25) is 0 Å². The van der Waals surface area contributed by atoms with E-state index in [1.807, 2.05) is 13.8 Å². The first-order valence-electron chi connectivity index (χ1n) is 6.90. The topological polar surface area (TPSA) is 51.6 Å². The molecule has 0 aromatic carbocycles. The normalized spacial score (nSPS) is 20.4. The molecule has 1 aromatic rings. The Bertz CT molecular complexity index is 388. The lowest BCUT2D eigenvalue weighted by Crippen LogP contribution is -2.50. The quantitative estimate of drug-likeness (QED) is 0.901. The molecule has 0 amide bonds. The van der Waals surface area contributed by atoms with E-state index in [0.29, 0.717) is 26.2 Å². The van der Waals surface area contributed by atoms with Gasteiger partial charge < -0.3 is 14.6 Å². The molecule has 108 valence electrons. The third-order valence-corrected chi connectivity index (χ3v) is 4.91. The van der Waals surface area contributed by atoms with Crippen LogP contribution in [0.5, 0.6) is 0 Å². The summed E-state index contributed by atoms with van der Waals surface area (Å²) in [6, 6.07) is 0. The van der Waals surface area contributed by atoms with E-state index in [0.717, 1.165) is 23.5 Å². The van der Waals surface area contributed by atoms with Gasteiger partial charge in [-0.3, -0.25) is 0 Å². The Morgan fingerprint density at radius 3 is 2.63 bits per heavy atom. The molecule has 1 atom stereocenters. The van der Waals surface area contributed by atoms with Crippen LogP contribution in [0.4, 0.5) is 0 Å². The van der Waals surface area contributed by atoms with Gasteiger partial charge in [-0.15, -0.1) is 11.3 Å². The third-order valence-electron chi connectivity index (χ3n) is 3.82. The van der Waals surface area contributed by atoms with Gasteiger partial charge in [-0.25, -0.2) is 4.98 Å². The van der Waals surface area contributed by atoms with Crippen molar-refractivity contribution < 1.29 is 14.6 Å². The SMILES string of the molecule is CCOC1(C(O)Cc2nc(C)c(C)s2)CCOCC1. The summed E-state index contributed by atoms with van der Waals surface area (Å²) in [5.41, 5.74) is 0.602. The van der Waals surface area contributed by atoms with E-state index in [-0.39, 0.29) is 0 Å². The van der Waals surface area contributed by atoms with Crippen molar-refractivity contribution in [2.75, 3.05) is 19.8 Å². The van der Waals surface area contributed by atoms with Crippen molar-refractivity contribution in [3.8, 4) is 0 Å². The van der Waals surface area contributed by atoms with Crippen molar-refractivity contribution >= 4 is 11.3 Å². The minimum atomic E-state index is -0.513. The van der Waals surface area contributed by atoms with Gasteiger partial charge in [0.25, 0.3) is 0 Å². The fourth-order valence-corrected chi connectivity index (χ4v) is 3.53. The summed E-state index contributed by atoms with van der Waals surface area (Å²) in [5.74, 6) is 0. The van der Waals surface area contributed by atoms with E-state index >= 15 is 0 Å². The molecule has 1 N–H and O–H groups in total. The second kappa shape index (κ2) is 6.31. The van der Waals surface area contributed by atoms with Gasteiger partial charge in [-0.2, -0.15) is 0 Å². The van der Waals surface area contributed by atoms with Crippen LogP contribution in [0, 0.1) is 13.8 Å². The number of hydrogen-bond donors (Lipinski definition) is 1. The molecule has 2 rings (SSSR count). The van der Waals surface area contributed by atoms with E-state index < -0.39 is 11.7 Å². The number of aromatic nitrogens is 1. The Morgan fingerprint density at radius 1 is 1.42 bits per heavy atom. The van der Waals surface area contributed by atoms with Crippen molar-refractivity contribution in [2.45, 2.75) is 51.7 Å². The fraction of sp³-hybridized carbons (Fsp3) is 0.786. The molecule has 0 bridgehead atoms. The zero-order valence-corrected chi connectivity index (χ0v) is 12.8. The molecule has 0 aliphatic carbocycles. The molecule has 1 aromatic heterocycles. The number of hydrogen-bond acceptors (Lipinski definition) is 5. The lowest BCUT2D eigenvalue weighted by Gasteiger charge is -2.40. The molecule has 0 radical (unpaired) electrons. The highest BCUT2D eigenvalue weighted by molar-refractivity contribution is 7.11. The predicted octanol–water partition coefficient (Wildman–Crippen LogP) is 2.25. The largest absolute Gasteiger partial charge is 0.390 e. The maximum Gasteiger partial charge on any atom is 0.0987 e. The minimum Gasteiger partial charge on any atom is -0.390 e. The van der Waals surface area contributed by atoms with Crippen LogP contribution < -0.4 is 0 Å². The van der Waals surface area contributed by atoms with Gasteiger partial charge >= 0.3 is 0 Å². The number of nitrogens with zero attached hydrogens (tertiary/aromatic N) is 1. The molecule has 1 unspecified atom stereocenters. The lowest BCUT2D eigenvalue weighted by molar-refractivity contribution is -0.165. The van der Waals surface area contributed by atoms with Crippen LogP contribution in [0.1, 0.15) is 35.3 Å². The van der Waals surface area contributed by atoms with Crippen LogP contribution in [0.25, 0.3) is 0 Å². The average Bonchev–Trinajstić information content (AvgIpc) is 2.69. The Balaban J connectivity index is 2.08. The summed E-state index contributed by atoms with van der Waals surface area (Å²) in [7, 11) is 0. The molecule has 1 aliphatic rings. The van der Waals surface area contributed by atoms with Gasteiger partial charge in [0, 0.05) is 44.0 Å². The molecule has 19 heavy (non-hydrogen) atoms. The highest BCUT2D eigenvalue weighted by atomic mass is 32.1. The predicted molar refractivity (Wildman–Crippen MR) is 75.7 cm³/mol. The first-order chi connectivity index (χ1) is 9.07. The standard InChI is InChI=1S/C14H23NO3S/c1-4-18-14(5-7-17-8-6-14)12(16)9-13-15-10(2)11(3)19-13/h12,16H,4-9H2,1-3H3. The van der Waals surface area contributed by atoms with E-state index in [2.05, 4.69) is 11.9 Å². The molecule has 0 spiro atoms. The lowest BCUT2D eigenvalue weighted by atomic mass is 9.86. The first kappa shape index (κ1) is 14.9. The van der Waals surface area contributed by atoms with Crippen LogP contribution in [-0.4, -0.2) is 41.6 Å². The van der Waals surface area contributed by atoms with Crippen LogP contribution >= 0.6 is 11.3 Å². The highest BCUT2D eigenvalue weighted by Crippen LogP contribution is 2.31. The molecule has 4 nitrogen and oxygen atoms in total. The number of aliphatic hydroxyl groups is 1. The van der Waals surface area contributed by atoms with Crippen LogP contribution in [0.15, 0.2) is 0 Å². The van der Waals surface area contributed by atoms with E-state index in [1.165, 1.54) is 4.88 Å². The average molecular weight is 285 g/mol. The van der Waals surface area contributed by atoms with Crippen molar-refractivity contribution in [1.29, 1.82) is 0 Å². The molecule has 1 fully saturated rings. The zero-order chi connectivity index (χ0) is 13.9. The number of thiazole rings is 1. The number of rotatable bonds is 5. The van der Waals surface area contributed by atoms with Crippen LogP contribution in [0.2, 0.25) is 0 Å². The Labute approximate surface area is 118 Å². The second-order valence-corrected chi connectivity index (χ2v) is 6.37. The van der Waals surface area contributed by atoms with Gasteiger partial charge in [-0.05, 0) is 20.8 Å². The van der Waals surface area contributed by atoms with Gasteiger partial charge in [0.1, 0.15) is 0 Å². The maximum atomic E-state index is 10.6. The molecule has 1 saturated heterocycles. The summed E-state index contributed by atoms with van der Waals surface area (Å²) >= 11 is 1.67. The van der Waals surface area contributed by atoms with Gasteiger partial charge in [-0.1, -0.05) is 0 Å². The third kappa shape index (κ3) is 3.34. The molecular formula is C14H23NO3S. The monoisotopic (exact) mass is 285 g/mol. The Hall–Kier alpha value is -0.490. The molecule has 2 heterocycles. The van der Waals surface area contributed by atoms with E-state index in [1.54, 1.807) is 11.3 Å². The fourth-order valence-electron chi connectivity index (χ4n) is 2.56. The van der Waals surface area contributed by atoms with Gasteiger partial charge in [0.15, 0.2) is 0 Å². The number of aliphatic hydroxyl groups excluding tert-OH is 1. The van der Waals surface area contributed by atoms with Gasteiger partial charge in [0.05, 0.1) is 22.4 Å². The first-order valence-corrected chi connectivity index (χ1v) is 7.71. The molecular weight excluding hydrogens is 262 g/mol. The zero-order valence-electron chi connectivity index (χ0n) is 11.9. The Morgan fingerprint density at radius 2 is 2.11 bits per heavy atom. The molecule has 1 aliphatic heterocycles. The summed E-state index contributed by atoms with van der Waals surface area (Å²) < 4.78 is 11.3. The smallest absolute Gasteiger partial charge is 0.0987 e. The van der Waals surface area contributed by atoms with Crippen molar-refractivity contribution in [3.63, 3.8) is 0 Å². The molecule has 0 saturated carbocycles. The summed E-state index contributed by atoms with van der Waals surface area (Å²) in [5, 5.41) is 11.6. The summed E-state index contributed by atoms with van der Waals surface area (Å²) in [4.78, 5) is 5.73. The summed E-state index contributed by atoms with van der Waals surface area (Å²) in [6.07, 6.45) is 1.57. The molecule has 5 heteroatoms. The number of ether oxygens (including phenoxy) is 2. The summed E-state index contributed by atoms with van der Waals surface area (Å²) in [6.45, 7) is 7.98. The van der Waals surface area contributed by atoms with Crippen LogP contribution in [-0.2, 0) is 15.9 Å². The Kier molecular flexibility index (Phi) is 4.95. The number of aryl methyl sites for hydroxylation is 2. The minimum absolute atomic E-state index is 0.458. The van der Waals surface area contributed by atoms with Crippen LogP contribution in [0.3, 0.4) is 0 Å². The second-order valence-electron chi connectivity index (χ2n) is 5.08. The van der Waals surface area contributed by atoms with E-state index in [9.17, 15) is 5.11 Å². The highest BCUT2D eigenvalue weighted by Gasteiger charge is 2.40. The van der Waals surface area contributed by atoms with Crippen molar-refractivity contribution in [2.24, 2.45) is 0 Å².